The minimum atomic E-state index is -0.300. The number of hydrogen-bond donors (Lipinski definition) is 3. The smallest absolute Gasteiger partial charge is 0.407 e. The molecule has 0 bridgehead atoms. The van der Waals surface area contributed by atoms with Crippen LogP contribution in [0.4, 0.5) is 4.79 Å². The van der Waals surface area contributed by atoms with Crippen LogP contribution >= 0.6 is 0 Å². The van der Waals surface area contributed by atoms with Gasteiger partial charge >= 0.3 is 6.09 Å². The Morgan fingerprint density at radius 1 is 1.18 bits per heavy atom. The molecule has 3 N–H and O–H groups in total. The predicted molar refractivity (Wildman–Crippen MR) is 85.5 cm³/mol. The van der Waals surface area contributed by atoms with Crippen LogP contribution in [-0.4, -0.2) is 38.3 Å². The summed E-state index contributed by atoms with van der Waals surface area (Å²) in [6.07, 6.45) is 2.06. The molecule has 1 aromatic carbocycles. The summed E-state index contributed by atoms with van der Waals surface area (Å²) in [7, 11) is 0. The normalized spacial score (nSPS) is 23.4. The van der Waals surface area contributed by atoms with Gasteiger partial charge in [-0.15, -0.1) is 0 Å². The number of hydrogen-bond acceptors (Lipinski definition) is 4. The van der Waals surface area contributed by atoms with E-state index in [1.165, 1.54) is 12.8 Å². The second kappa shape index (κ2) is 7.61. The summed E-state index contributed by atoms with van der Waals surface area (Å²) in [5.74, 6) is 1.03. The van der Waals surface area contributed by atoms with E-state index in [0.29, 0.717) is 18.4 Å². The minimum Gasteiger partial charge on any atom is -0.445 e. The molecule has 1 amide bonds. The fourth-order valence-electron chi connectivity index (χ4n) is 3.27. The van der Waals surface area contributed by atoms with E-state index in [1.807, 2.05) is 30.3 Å². The maximum atomic E-state index is 12.1. The molecule has 0 aromatic heterocycles. The number of carbonyl (C=O) groups excluding carboxylic acids is 1. The van der Waals surface area contributed by atoms with Crippen molar-refractivity contribution in [2.24, 2.45) is 11.8 Å². The van der Waals surface area contributed by atoms with Gasteiger partial charge in [0.25, 0.3) is 0 Å². The largest absolute Gasteiger partial charge is 0.445 e. The summed E-state index contributed by atoms with van der Waals surface area (Å²) in [5.41, 5.74) is 1.01. The number of piperidine rings is 1. The molecule has 2 aliphatic rings. The molecule has 2 atom stereocenters. The fraction of sp³-hybridized carbons (Fsp3) is 0.588. The van der Waals surface area contributed by atoms with Gasteiger partial charge in [0.1, 0.15) is 6.61 Å². The van der Waals surface area contributed by atoms with E-state index < -0.39 is 0 Å². The molecule has 2 fully saturated rings. The molecule has 0 aliphatic carbocycles. The molecule has 2 heterocycles. The number of benzene rings is 1. The minimum absolute atomic E-state index is 0.206. The number of rotatable bonds is 5. The lowest BCUT2D eigenvalue weighted by Crippen LogP contribution is -2.59. The zero-order valence-corrected chi connectivity index (χ0v) is 12.9. The monoisotopic (exact) mass is 303 g/mol. The van der Waals surface area contributed by atoms with Gasteiger partial charge in [-0.2, -0.15) is 0 Å². The average molecular weight is 303 g/mol. The summed E-state index contributed by atoms with van der Waals surface area (Å²) < 4.78 is 5.38. The molecule has 2 saturated heterocycles. The second-order valence-corrected chi connectivity index (χ2v) is 6.26. The van der Waals surface area contributed by atoms with Crippen molar-refractivity contribution in [1.82, 2.24) is 16.0 Å². The number of amides is 1. The van der Waals surface area contributed by atoms with Gasteiger partial charge in [0, 0.05) is 25.0 Å². The van der Waals surface area contributed by atoms with Crippen LogP contribution in [0.2, 0.25) is 0 Å². The van der Waals surface area contributed by atoms with Crippen molar-refractivity contribution in [3.05, 3.63) is 35.9 Å². The molecule has 3 rings (SSSR count). The Kier molecular flexibility index (Phi) is 5.29. The van der Waals surface area contributed by atoms with Crippen LogP contribution < -0.4 is 16.0 Å². The molecule has 5 nitrogen and oxygen atoms in total. The highest BCUT2D eigenvalue weighted by Gasteiger charge is 2.35. The van der Waals surface area contributed by atoms with Crippen molar-refractivity contribution in [2.45, 2.75) is 25.5 Å². The molecule has 22 heavy (non-hydrogen) atoms. The lowest BCUT2D eigenvalue weighted by Gasteiger charge is -2.40. The topological polar surface area (TPSA) is 62.4 Å². The predicted octanol–water partition coefficient (Wildman–Crippen LogP) is 1.50. The summed E-state index contributed by atoms with van der Waals surface area (Å²) in [6, 6.07) is 9.99. The first kappa shape index (κ1) is 15.3. The van der Waals surface area contributed by atoms with Gasteiger partial charge in [-0.25, -0.2) is 4.79 Å². The van der Waals surface area contributed by atoms with Gasteiger partial charge in [0.2, 0.25) is 0 Å². The van der Waals surface area contributed by atoms with E-state index in [-0.39, 0.29) is 12.1 Å². The maximum absolute atomic E-state index is 12.1. The highest BCUT2D eigenvalue weighted by Crippen LogP contribution is 2.23. The Labute approximate surface area is 131 Å². The number of carbonyl (C=O) groups is 1. The Morgan fingerprint density at radius 3 is 2.59 bits per heavy atom. The van der Waals surface area contributed by atoms with E-state index in [9.17, 15) is 4.79 Å². The first-order chi connectivity index (χ1) is 10.8. The van der Waals surface area contributed by atoms with Gasteiger partial charge in [0.15, 0.2) is 0 Å². The van der Waals surface area contributed by atoms with Crippen LogP contribution in [-0.2, 0) is 11.3 Å². The molecular formula is C17H25N3O2. The lowest BCUT2D eigenvalue weighted by atomic mass is 9.81. The van der Waals surface area contributed by atoms with Crippen molar-refractivity contribution >= 4 is 6.09 Å². The van der Waals surface area contributed by atoms with E-state index in [1.54, 1.807) is 0 Å². The van der Waals surface area contributed by atoms with Crippen molar-refractivity contribution in [1.29, 1.82) is 0 Å². The second-order valence-electron chi connectivity index (χ2n) is 6.26. The van der Waals surface area contributed by atoms with Crippen LogP contribution in [0, 0.1) is 11.8 Å². The maximum Gasteiger partial charge on any atom is 0.407 e. The van der Waals surface area contributed by atoms with Crippen LogP contribution in [0.25, 0.3) is 0 Å². The van der Waals surface area contributed by atoms with Crippen LogP contribution in [0.15, 0.2) is 30.3 Å². The zero-order valence-electron chi connectivity index (χ0n) is 12.9. The Bertz CT molecular complexity index is 470. The average Bonchev–Trinajstić information content (AvgIpc) is 2.52. The van der Waals surface area contributed by atoms with Crippen molar-refractivity contribution in [3.63, 3.8) is 0 Å². The lowest BCUT2D eigenvalue weighted by molar-refractivity contribution is 0.112. The number of ether oxygens (including phenoxy) is 1. The SMILES string of the molecule is O=C(NC(C1CCCNC1)C1CNC1)OCc1ccccc1. The van der Waals surface area contributed by atoms with Gasteiger partial charge in [0.05, 0.1) is 0 Å². The highest BCUT2D eigenvalue weighted by atomic mass is 16.5. The molecule has 0 spiro atoms. The molecular weight excluding hydrogens is 278 g/mol. The Balaban J connectivity index is 1.52. The first-order valence-electron chi connectivity index (χ1n) is 8.21. The third kappa shape index (κ3) is 3.99. The third-order valence-corrected chi connectivity index (χ3v) is 4.66. The van der Waals surface area contributed by atoms with Crippen molar-refractivity contribution in [2.75, 3.05) is 26.2 Å². The standard InChI is InChI=1S/C17H25N3O2/c21-17(22-12-13-5-2-1-3-6-13)20-16(15-10-19-11-15)14-7-4-8-18-9-14/h1-3,5-6,14-16,18-19H,4,7-12H2,(H,20,21). The summed E-state index contributed by atoms with van der Waals surface area (Å²) in [4.78, 5) is 12.1. The summed E-state index contributed by atoms with van der Waals surface area (Å²) in [6.45, 7) is 4.37. The summed E-state index contributed by atoms with van der Waals surface area (Å²) in [5, 5.41) is 9.85. The Hall–Kier alpha value is -1.59. The molecule has 5 heteroatoms. The van der Waals surface area contributed by atoms with Crippen LogP contribution in [0.5, 0.6) is 0 Å². The van der Waals surface area contributed by atoms with Crippen LogP contribution in [0.3, 0.4) is 0 Å². The molecule has 1 aromatic rings. The third-order valence-electron chi connectivity index (χ3n) is 4.66. The molecule has 0 saturated carbocycles. The van der Waals surface area contributed by atoms with Crippen LogP contribution in [0.1, 0.15) is 18.4 Å². The van der Waals surface area contributed by atoms with E-state index in [4.69, 9.17) is 4.74 Å². The number of nitrogens with one attached hydrogen (secondary N) is 3. The van der Waals surface area contributed by atoms with Crippen molar-refractivity contribution in [3.8, 4) is 0 Å². The number of alkyl carbamates (subject to hydrolysis) is 1. The van der Waals surface area contributed by atoms with Gasteiger partial charge in [-0.05, 0) is 37.4 Å². The van der Waals surface area contributed by atoms with Gasteiger partial charge in [-0.3, -0.25) is 0 Å². The first-order valence-corrected chi connectivity index (χ1v) is 8.21. The molecule has 2 unspecified atom stereocenters. The highest BCUT2D eigenvalue weighted by molar-refractivity contribution is 5.67. The van der Waals surface area contributed by atoms with Gasteiger partial charge in [-0.1, -0.05) is 30.3 Å². The quantitative estimate of drug-likeness (QED) is 0.771. The molecule has 120 valence electrons. The van der Waals surface area contributed by atoms with Gasteiger partial charge < -0.3 is 20.7 Å². The molecule has 2 aliphatic heterocycles. The van der Waals surface area contributed by atoms with E-state index in [0.717, 1.165) is 31.7 Å². The molecule has 0 radical (unpaired) electrons. The summed E-state index contributed by atoms with van der Waals surface area (Å²) >= 11 is 0. The van der Waals surface area contributed by atoms with Crippen molar-refractivity contribution < 1.29 is 9.53 Å². The van der Waals surface area contributed by atoms with E-state index >= 15 is 0 Å². The van der Waals surface area contributed by atoms with E-state index in [2.05, 4.69) is 16.0 Å². The fourth-order valence-corrected chi connectivity index (χ4v) is 3.27. The zero-order chi connectivity index (χ0) is 15.2. The Morgan fingerprint density at radius 2 is 1.95 bits per heavy atom.